The number of carbonyl (C=O) groups excluding carboxylic acids is 2. The number of carbonyl (C=O) groups is 2. The van der Waals surface area contributed by atoms with Crippen LogP contribution < -0.4 is 15.5 Å². The molecular formula is C29H31F4N3O3. The van der Waals surface area contributed by atoms with Crippen molar-refractivity contribution in [3.05, 3.63) is 77.3 Å². The van der Waals surface area contributed by atoms with Crippen molar-refractivity contribution in [3.63, 3.8) is 0 Å². The Kier molecular flexibility index (Phi) is 8.04. The molecule has 2 N–H and O–H groups in total. The zero-order chi connectivity index (χ0) is 28.4. The highest BCUT2D eigenvalue weighted by Crippen LogP contribution is 2.33. The number of anilines is 1. The summed E-state index contributed by atoms with van der Waals surface area (Å²) in [5.74, 6) is -1.29. The van der Waals surface area contributed by atoms with E-state index in [1.54, 1.807) is 6.07 Å². The Morgan fingerprint density at radius 2 is 1.82 bits per heavy atom. The molecule has 2 aromatic carbocycles. The molecule has 4 rings (SSSR count). The Balaban J connectivity index is 1.39. The van der Waals surface area contributed by atoms with Crippen LogP contribution in [0.2, 0.25) is 0 Å². The highest BCUT2D eigenvalue weighted by molar-refractivity contribution is 5.96. The van der Waals surface area contributed by atoms with E-state index in [-0.39, 0.29) is 34.2 Å². The molecule has 1 unspecified atom stereocenters. The molecule has 1 atom stereocenters. The van der Waals surface area contributed by atoms with E-state index in [9.17, 15) is 27.2 Å². The van der Waals surface area contributed by atoms with Crippen molar-refractivity contribution in [1.82, 2.24) is 10.6 Å². The van der Waals surface area contributed by atoms with Gasteiger partial charge < -0.3 is 20.0 Å². The van der Waals surface area contributed by atoms with Crippen LogP contribution >= 0.6 is 0 Å². The van der Waals surface area contributed by atoms with Crippen molar-refractivity contribution in [2.24, 2.45) is 5.41 Å². The molecule has 0 saturated carbocycles. The lowest BCUT2D eigenvalue weighted by molar-refractivity contribution is -0.137. The SMILES string of the molecule is CC(C)(C)CC(NC(=O)c1ccc(-c2cccc(C(F)(F)F)c2)o1)C(=O)NCCN1CCc2cc(F)ccc21. The van der Waals surface area contributed by atoms with Gasteiger partial charge in [0.05, 0.1) is 5.56 Å². The number of nitrogens with one attached hydrogen (secondary N) is 2. The third-order valence-corrected chi connectivity index (χ3v) is 6.46. The minimum Gasteiger partial charge on any atom is -0.451 e. The fraction of sp³-hybridized carbons (Fsp3) is 0.379. The van der Waals surface area contributed by atoms with Crippen molar-refractivity contribution in [2.75, 3.05) is 24.5 Å². The summed E-state index contributed by atoms with van der Waals surface area (Å²) in [6.07, 6.45) is -3.43. The van der Waals surface area contributed by atoms with Gasteiger partial charge in [-0.25, -0.2) is 4.39 Å². The molecule has 0 spiro atoms. The Labute approximate surface area is 224 Å². The highest BCUT2D eigenvalue weighted by Gasteiger charge is 2.31. The number of hydrogen-bond donors (Lipinski definition) is 2. The predicted octanol–water partition coefficient (Wildman–Crippen LogP) is 5.82. The first kappa shape index (κ1) is 28.2. The Morgan fingerprint density at radius 1 is 1.05 bits per heavy atom. The van der Waals surface area contributed by atoms with Gasteiger partial charge in [-0.2, -0.15) is 13.2 Å². The van der Waals surface area contributed by atoms with Crippen LogP contribution in [0.25, 0.3) is 11.3 Å². The smallest absolute Gasteiger partial charge is 0.416 e. The first-order chi connectivity index (χ1) is 18.3. The zero-order valence-corrected chi connectivity index (χ0v) is 22.0. The summed E-state index contributed by atoms with van der Waals surface area (Å²) in [5.41, 5.74) is 0.939. The quantitative estimate of drug-likeness (QED) is 0.350. The van der Waals surface area contributed by atoms with E-state index < -0.39 is 23.7 Å². The molecule has 1 aromatic heterocycles. The Morgan fingerprint density at radius 3 is 2.54 bits per heavy atom. The summed E-state index contributed by atoms with van der Waals surface area (Å²) in [7, 11) is 0. The summed E-state index contributed by atoms with van der Waals surface area (Å²) in [6.45, 7) is 7.41. The van der Waals surface area contributed by atoms with E-state index in [0.29, 0.717) is 19.5 Å². The molecule has 0 fully saturated rings. The summed E-state index contributed by atoms with van der Waals surface area (Å²) in [4.78, 5) is 28.1. The second kappa shape index (κ2) is 11.1. The fourth-order valence-electron chi connectivity index (χ4n) is 4.62. The van der Waals surface area contributed by atoms with Crippen LogP contribution in [0.4, 0.5) is 23.2 Å². The molecule has 3 aromatic rings. The topological polar surface area (TPSA) is 74.6 Å². The second-order valence-corrected chi connectivity index (χ2v) is 10.8. The molecule has 0 bridgehead atoms. The zero-order valence-electron chi connectivity index (χ0n) is 22.0. The molecule has 1 aliphatic heterocycles. The van der Waals surface area contributed by atoms with E-state index in [2.05, 4.69) is 15.5 Å². The van der Waals surface area contributed by atoms with Crippen LogP contribution in [0.1, 0.15) is 48.9 Å². The van der Waals surface area contributed by atoms with Gasteiger partial charge in [-0.15, -0.1) is 0 Å². The van der Waals surface area contributed by atoms with E-state index in [4.69, 9.17) is 4.42 Å². The number of amides is 2. The largest absolute Gasteiger partial charge is 0.451 e. The van der Waals surface area contributed by atoms with Crippen LogP contribution in [0.15, 0.2) is 59.0 Å². The third kappa shape index (κ3) is 7.19. The lowest BCUT2D eigenvalue weighted by Gasteiger charge is -2.26. The second-order valence-electron chi connectivity index (χ2n) is 10.8. The predicted molar refractivity (Wildman–Crippen MR) is 140 cm³/mol. The molecule has 0 radical (unpaired) electrons. The van der Waals surface area contributed by atoms with Gasteiger partial charge in [0.15, 0.2) is 5.76 Å². The van der Waals surface area contributed by atoms with Gasteiger partial charge in [0.25, 0.3) is 5.91 Å². The standard InChI is InChI=1S/C29H31F4N3O3/c1-28(2,3)17-22(26(37)34-12-14-36-13-11-18-16-21(30)7-8-23(18)36)35-27(38)25-10-9-24(39-25)19-5-4-6-20(15-19)29(31,32)33/h4-10,15-16,22H,11-14,17H2,1-3H3,(H,34,37)(H,35,38). The summed E-state index contributed by atoms with van der Waals surface area (Å²) >= 11 is 0. The van der Waals surface area contributed by atoms with E-state index in [0.717, 1.165) is 36.3 Å². The number of rotatable bonds is 8. The number of benzene rings is 2. The van der Waals surface area contributed by atoms with Crippen LogP contribution in [0.5, 0.6) is 0 Å². The van der Waals surface area contributed by atoms with Gasteiger partial charge in [0.1, 0.15) is 17.6 Å². The average Bonchev–Trinajstić information content (AvgIpc) is 3.50. The van der Waals surface area contributed by atoms with Gasteiger partial charge in [0, 0.05) is 30.9 Å². The lowest BCUT2D eigenvalue weighted by atomic mass is 9.87. The number of nitrogens with zero attached hydrogens (tertiary/aromatic N) is 1. The molecule has 10 heteroatoms. The van der Waals surface area contributed by atoms with Crippen LogP contribution in [0.3, 0.4) is 0 Å². The van der Waals surface area contributed by atoms with Crippen LogP contribution in [0, 0.1) is 11.2 Å². The van der Waals surface area contributed by atoms with E-state index in [1.165, 1.54) is 36.4 Å². The van der Waals surface area contributed by atoms with Crippen LogP contribution in [-0.4, -0.2) is 37.5 Å². The summed E-state index contributed by atoms with van der Waals surface area (Å²) in [6, 6.07) is 11.2. The van der Waals surface area contributed by atoms with Crippen molar-refractivity contribution in [2.45, 2.75) is 45.8 Å². The third-order valence-electron chi connectivity index (χ3n) is 6.46. The van der Waals surface area contributed by atoms with Gasteiger partial charge in [-0.1, -0.05) is 32.9 Å². The monoisotopic (exact) mass is 545 g/mol. The van der Waals surface area contributed by atoms with Crippen molar-refractivity contribution in [3.8, 4) is 11.3 Å². The molecule has 6 nitrogen and oxygen atoms in total. The number of alkyl halides is 3. The van der Waals surface area contributed by atoms with E-state index >= 15 is 0 Å². The maximum Gasteiger partial charge on any atom is 0.416 e. The molecule has 0 saturated heterocycles. The first-order valence-electron chi connectivity index (χ1n) is 12.7. The maximum atomic E-state index is 13.5. The average molecular weight is 546 g/mol. The Hall–Kier alpha value is -3.82. The minimum absolute atomic E-state index is 0.105. The van der Waals surface area contributed by atoms with Gasteiger partial charge in [-0.3, -0.25) is 9.59 Å². The van der Waals surface area contributed by atoms with Gasteiger partial charge >= 0.3 is 6.18 Å². The van der Waals surface area contributed by atoms with Crippen molar-refractivity contribution >= 4 is 17.5 Å². The van der Waals surface area contributed by atoms with Gasteiger partial charge in [0.2, 0.25) is 5.91 Å². The number of halogens is 4. The normalized spacial score (nSPS) is 14.2. The number of fused-ring (bicyclic) bond motifs is 1. The summed E-state index contributed by atoms with van der Waals surface area (Å²) < 4.78 is 58.3. The summed E-state index contributed by atoms with van der Waals surface area (Å²) in [5, 5.41) is 5.59. The Bertz CT molecular complexity index is 1340. The van der Waals surface area contributed by atoms with E-state index in [1.807, 2.05) is 20.8 Å². The molecule has 208 valence electrons. The number of furan rings is 1. The molecule has 2 amide bonds. The van der Waals surface area contributed by atoms with Gasteiger partial charge in [-0.05, 0) is 66.3 Å². The molecule has 1 aliphatic rings. The number of hydrogen-bond acceptors (Lipinski definition) is 4. The highest BCUT2D eigenvalue weighted by atomic mass is 19.4. The van der Waals surface area contributed by atoms with Crippen molar-refractivity contribution in [1.29, 1.82) is 0 Å². The van der Waals surface area contributed by atoms with Crippen molar-refractivity contribution < 1.29 is 31.6 Å². The molecular weight excluding hydrogens is 514 g/mol. The van der Waals surface area contributed by atoms with Crippen LogP contribution in [-0.2, 0) is 17.4 Å². The fourth-order valence-corrected chi connectivity index (χ4v) is 4.62. The molecule has 39 heavy (non-hydrogen) atoms. The molecule has 2 heterocycles. The molecule has 0 aliphatic carbocycles. The maximum absolute atomic E-state index is 13.5. The lowest BCUT2D eigenvalue weighted by Crippen LogP contribution is -2.49. The minimum atomic E-state index is -4.51. The first-order valence-corrected chi connectivity index (χ1v) is 12.7.